The summed E-state index contributed by atoms with van der Waals surface area (Å²) in [6, 6.07) is 4.99. The Labute approximate surface area is 127 Å². The lowest BCUT2D eigenvalue weighted by Crippen LogP contribution is -2.43. The average molecular weight is 312 g/mol. The smallest absolute Gasteiger partial charge is 0.251 e. The standard InChI is InChI=1S/C15H24N2O3S/c1-6-9-15(3,4)16-14(18)12-8-7-11(2)13(10-12)17-21(5,19)20/h7-8,10,17H,6,9H2,1-5H3,(H,16,18). The number of amides is 1. The van der Waals surface area contributed by atoms with E-state index in [-0.39, 0.29) is 11.4 Å². The summed E-state index contributed by atoms with van der Waals surface area (Å²) in [6.45, 7) is 7.79. The second kappa shape index (κ2) is 6.47. The molecule has 0 saturated heterocycles. The predicted octanol–water partition coefficient (Wildman–Crippen LogP) is 2.68. The van der Waals surface area contributed by atoms with E-state index in [0.717, 1.165) is 24.7 Å². The summed E-state index contributed by atoms with van der Waals surface area (Å²) in [5.41, 5.74) is 1.35. The van der Waals surface area contributed by atoms with Crippen LogP contribution < -0.4 is 10.0 Å². The molecular weight excluding hydrogens is 288 g/mol. The van der Waals surface area contributed by atoms with E-state index in [1.54, 1.807) is 25.1 Å². The normalized spacial score (nSPS) is 12.0. The van der Waals surface area contributed by atoms with Crippen molar-refractivity contribution in [2.24, 2.45) is 0 Å². The van der Waals surface area contributed by atoms with Crippen molar-refractivity contribution >= 4 is 21.6 Å². The summed E-state index contributed by atoms with van der Waals surface area (Å²) >= 11 is 0. The molecule has 118 valence electrons. The summed E-state index contributed by atoms with van der Waals surface area (Å²) in [5.74, 6) is -0.204. The Morgan fingerprint density at radius 2 is 1.90 bits per heavy atom. The van der Waals surface area contributed by atoms with Crippen LogP contribution in [0.2, 0.25) is 0 Å². The topological polar surface area (TPSA) is 75.3 Å². The Morgan fingerprint density at radius 1 is 1.29 bits per heavy atom. The van der Waals surface area contributed by atoms with Crippen molar-refractivity contribution in [3.8, 4) is 0 Å². The maximum absolute atomic E-state index is 12.3. The number of nitrogens with one attached hydrogen (secondary N) is 2. The lowest BCUT2D eigenvalue weighted by atomic mass is 9.98. The number of aryl methyl sites for hydroxylation is 1. The van der Waals surface area contributed by atoms with Crippen molar-refractivity contribution in [2.75, 3.05) is 11.0 Å². The van der Waals surface area contributed by atoms with Crippen LogP contribution in [0.4, 0.5) is 5.69 Å². The van der Waals surface area contributed by atoms with Gasteiger partial charge in [-0.15, -0.1) is 0 Å². The minimum absolute atomic E-state index is 0.204. The molecule has 0 unspecified atom stereocenters. The van der Waals surface area contributed by atoms with Gasteiger partial charge in [0.05, 0.1) is 11.9 Å². The second-order valence-electron chi connectivity index (χ2n) is 5.99. The SMILES string of the molecule is CCCC(C)(C)NC(=O)c1ccc(C)c(NS(C)(=O)=O)c1. The summed E-state index contributed by atoms with van der Waals surface area (Å²) in [7, 11) is -3.37. The van der Waals surface area contributed by atoms with Gasteiger partial charge in [-0.05, 0) is 44.9 Å². The van der Waals surface area contributed by atoms with Crippen LogP contribution in [0, 0.1) is 6.92 Å². The molecule has 0 aliphatic heterocycles. The van der Waals surface area contributed by atoms with Crippen LogP contribution in [0.5, 0.6) is 0 Å². The van der Waals surface area contributed by atoms with Gasteiger partial charge in [0.15, 0.2) is 0 Å². The second-order valence-corrected chi connectivity index (χ2v) is 7.74. The molecule has 0 spiro atoms. The fourth-order valence-electron chi connectivity index (χ4n) is 2.14. The highest BCUT2D eigenvalue weighted by atomic mass is 32.2. The first kappa shape index (κ1) is 17.5. The molecule has 1 rings (SSSR count). The quantitative estimate of drug-likeness (QED) is 0.848. The van der Waals surface area contributed by atoms with Crippen LogP contribution in [-0.4, -0.2) is 26.1 Å². The number of hydrogen-bond acceptors (Lipinski definition) is 3. The zero-order valence-corrected chi connectivity index (χ0v) is 14.1. The molecule has 0 aliphatic carbocycles. The molecule has 0 radical (unpaired) electrons. The molecule has 2 N–H and O–H groups in total. The maximum Gasteiger partial charge on any atom is 0.251 e. The van der Waals surface area contributed by atoms with Crippen molar-refractivity contribution in [2.45, 2.75) is 46.1 Å². The molecule has 0 atom stereocenters. The van der Waals surface area contributed by atoms with E-state index in [2.05, 4.69) is 17.0 Å². The highest BCUT2D eigenvalue weighted by Gasteiger charge is 2.20. The van der Waals surface area contributed by atoms with Crippen LogP contribution in [0.15, 0.2) is 18.2 Å². The Hall–Kier alpha value is -1.56. The third kappa shape index (κ3) is 5.75. The van der Waals surface area contributed by atoms with Gasteiger partial charge in [0, 0.05) is 11.1 Å². The fraction of sp³-hybridized carbons (Fsp3) is 0.533. The third-order valence-corrected chi connectivity index (χ3v) is 3.71. The number of rotatable bonds is 6. The van der Waals surface area contributed by atoms with Crippen molar-refractivity contribution in [1.29, 1.82) is 0 Å². The van der Waals surface area contributed by atoms with Crippen molar-refractivity contribution in [3.63, 3.8) is 0 Å². The lowest BCUT2D eigenvalue weighted by molar-refractivity contribution is 0.0909. The zero-order chi connectivity index (χ0) is 16.3. The number of carbonyl (C=O) groups is 1. The largest absolute Gasteiger partial charge is 0.347 e. The van der Waals surface area contributed by atoms with Crippen LogP contribution in [0.25, 0.3) is 0 Å². The maximum atomic E-state index is 12.3. The summed E-state index contributed by atoms with van der Waals surface area (Å²) in [4.78, 5) is 12.3. The van der Waals surface area contributed by atoms with Crippen LogP contribution >= 0.6 is 0 Å². The molecule has 0 aliphatic rings. The van der Waals surface area contributed by atoms with E-state index in [0.29, 0.717) is 11.3 Å². The molecule has 0 saturated carbocycles. The molecule has 1 amide bonds. The third-order valence-electron chi connectivity index (χ3n) is 3.12. The molecule has 0 heterocycles. The predicted molar refractivity (Wildman–Crippen MR) is 86.1 cm³/mol. The lowest BCUT2D eigenvalue weighted by Gasteiger charge is -2.26. The first-order valence-electron chi connectivity index (χ1n) is 6.95. The van der Waals surface area contributed by atoms with Crippen molar-refractivity contribution < 1.29 is 13.2 Å². The average Bonchev–Trinajstić information content (AvgIpc) is 2.29. The number of sulfonamides is 1. The van der Waals surface area contributed by atoms with Crippen molar-refractivity contribution in [3.05, 3.63) is 29.3 Å². The first-order valence-corrected chi connectivity index (χ1v) is 8.84. The molecule has 5 nitrogen and oxygen atoms in total. The number of anilines is 1. The van der Waals surface area contributed by atoms with Gasteiger partial charge in [-0.1, -0.05) is 19.4 Å². The number of benzene rings is 1. The molecule has 6 heteroatoms. The fourth-order valence-corrected chi connectivity index (χ4v) is 2.76. The highest BCUT2D eigenvalue weighted by Crippen LogP contribution is 2.19. The van der Waals surface area contributed by atoms with Gasteiger partial charge in [0.2, 0.25) is 10.0 Å². The molecule has 1 aromatic rings. The summed E-state index contributed by atoms with van der Waals surface area (Å²) in [6.07, 6.45) is 2.94. The van der Waals surface area contributed by atoms with Gasteiger partial charge in [-0.2, -0.15) is 0 Å². The number of hydrogen-bond donors (Lipinski definition) is 2. The van der Waals surface area contributed by atoms with Crippen LogP contribution in [0.1, 0.15) is 49.5 Å². The first-order chi connectivity index (χ1) is 9.54. The minimum atomic E-state index is -3.37. The minimum Gasteiger partial charge on any atom is -0.347 e. The zero-order valence-electron chi connectivity index (χ0n) is 13.3. The Bertz CT molecular complexity index is 622. The van der Waals surface area contributed by atoms with Crippen LogP contribution in [-0.2, 0) is 10.0 Å². The Kier molecular flexibility index (Phi) is 5.39. The van der Waals surface area contributed by atoms with Crippen LogP contribution in [0.3, 0.4) is 0 Å². The van der Waals surface area contributed by atoms with Gasteiger partial charge in [0.25, 0.3) is 5.91 Å². The van der Waals surface area contributed by atoms with E-state index in [1.807, 2.05) is 13.8 Å². The van der Waals surface area contributed by atoms with E-state index in [1.165, 1.54) is 0 Å². The number of carbonyl (C=O) groups excluding carboxylic acids is 1. The molecule has 0 aromatic heterocycles. The molecule has 0 bridgehead atoms. The summed E-state index contributed by atoms with van der Waals surface area (Å²) in [5, 5.41) is 2.97. The van der Waals surface area contributed by atoms with Crippen molar-refractivity contribution in [1.82, 2.24) is 5.32 Å². The summed E-state index contributed by atoms with van der Waals surface area (Å²) < 4.78 is 25.1. The van der Waals surface area contributed by atoms with E-state index in [4.69, 9.17) is 0 Å². The van der Waals surface area contributed by atoms with Gasteiger partial charge in [-0.3, -0.25) is 9.52 Å². The van der Waals surface area contributed by atoms with Gasteiger partial charge in [0.1, 0.15) is 0 Å². The van der Waals surface area contributed by atoms with Gasteiger partial charge in [-0.25, -0.2) is 8.42 Å². The van der Waals surface area contributed by atoms with E-state index < -0.39 is 10.0 Å². The highest BCUT2D eigenvalue weighted by molar-refractivity contribution is 7.92. The molecular formula is C15H24N2O3S. The molecule has 21 heavy (non-hydrogen) atoms. The Morgan fingerprint density at radius 3 is 2.43 bits per heavy atom. The van der Waals surface area contributed by atoms with E-state index >= 15 is 0 Å². The molecule has 0 fully saturated rings. The monoisotopic (exact) mass is 312 g/mol. The Balaban J connectivity index is 2.99. The van der Waals surface area contributed by atoms with Gasteiger partial charge < -0.3 is 5.32 Å². The van der Waals surface area contributed by atoms with E-state index in [9.17, 15) is 13.2 Å². The van der Waals surface area contributed by atoms with Gasteiger partial charge >= 0.3 is 0 Å². The molecule has 1 aromatic carbocycles.